The Labute approximate surface area is 145 Å². The molecule has 0 saturated carbocycles. The van der Waals surface area contributed by atoms with Crippen molar-refractivity contribution in [1.82, 2.24) is 4.90 Å². The second-order valence-corrected chi connectivity index (χ2v) is 7.25. The van der Waals surface area contributed by atoms with Gasteiger partial charge in [0.15, 0.2) is 0 Å². The van der Waals surface area contributed by atoms with Gasteiger partial charge < -0.3 is 14.2 Å². The van der Waals surface area contributed by atoms with Crippen LogP contribution in [-0.4, -0.2) is 40.8 Å². The molecule has 0 aromatic carbocycles. The molecule has 3 rings (SSSR count). The number of hydrogen-bond acceptors (Lipinski definition) is 6. The Morgan fingerprint density at radius 2 is 2.08 bits per heavy atom. The number of allylic oxidation sites excluding steroid dienone is 1. The van der Waals surface area contributed by atoms with E-state index in [4.69, 9.17) is 14.2 Å². The molecule has 134 valence electrons. The van der Waals surface area contributed by atoms with Crippen LogP contribution < -0.4 is 0 Å². The van der Waals surface area contributed by atoms with Crippen LogP contribution in [0, 0.1) is 5.92 Å². The summed E-state index contributed by atoms with van der Waals surface area (Å²) in [6.45, 7) is 6.86. The minimum absolute atomic E-state index is 0.179. The summed E-state index contributed by atoms with van der Waals surface area (Å²) in [4.78, 5) is 37.6. The van der Waals surface area contributed by atoms with Gasteiger partial charge in [0.25, 0.3) is 12.2 Å². The Hall–Kier alpha value is -2.57. The zero-order valence-corrected chi connectivity index (χ0v) is 14.6. The molecular weight excluding hydrogens is 326 g/mol. The largest absolute Gasteiger partial charge is 0.458 e. The number of likely N-dealkylation sites (tertiary alicyclic amines) is 1. The molecule has 0 spiro atoms. The molecule has 3 unspecified atom stereocenters. The van der Waals surface area contributed by atoms with Crippen LogP contribution in [0.1, 0.15) is 34.1 Å². The molecule has 0 aromatic rings. The fourth-order valence-corrected chi connectivity index (χ4v) is 3.01. The molecule has 1 fully saturated rings. The van der Waals surface area contributed by atoms with Crippen molar-refractivity contribution < 1.29 is 28.6 Å². The number of carbonyl (C=O) groups excluding carboxylic acids is 3. The zero-order valence-electron chi connectivity index (χ0n) is 14.6. The molecule has 2 aliphatic heterocycles. The first-order chi connectivity index (χ1) is 11.7. The van der Waals surface area contributed by atoms with E-state index in [1.165, 1.54) is 12.3 Å². The van der Waals surface area contributed by atoms with E-state index >= 15 is 0 Å². The number of nitrogens with zero attached hydrogens (tertiary/aromatic N) is 1. The van der Waals surface area contributed by atoms with E-state index in [0.717, 1.165) is 4.90 Å². The molecule has 1 saturated heterocycles. The van der Waals surface area contributed by atoms with E-state index in [1.54, 1.807) is 27.7 Å². The Balaban J connectivity index is 1.77. The Morgan fingerprint density at radius 3 is 2.68 bits per heavy atom. The summed E-state index contributed by atoms with van der Waals surface area (Å²) in [6.07, 6.45) is 5.69. The van der Waals surface area contributed by atoms with E-state index < -0.39 is 29.9 Å². The first-order valence-corrected chi connectivity index (χ1v) is 8.15. The van der Waals surface area contributed by atoms with Crippen LogP contribution in [0.3, 0.4) is 0 Å². The van der Waals surface area contributed by atoms with Gasteiger partial charge in [-0.1, -0.05) is 12.2 Å². The third-order valence-corrected chi connectivity index (χ3v) is 4.15. The van der Waals surface area contributed by atoms with E-state index in [-0.39, 0.29) is 12.0 Å². The van der Waals surface area contributed by atoms with Gasteiger partial charge in [-0.25, -0.2) is 14.5 Å². The number of carbonyl (C=O) groups is 3. The molecule has 3 atom stereocenters. The van der Waals surface area contributed by atoms with Crippen molar-refractivity contribution in [2.45, 2.75) is 52.0 Å². The minimum Gasteiger partial charge on any atom is -0.458 e. The number of imide groups is 1. The third-order valence-electron chi connectivity index (χ3n) is 4.15. The number of ether oxygens (including phenoxy) is 3. The van der Waals surface area contributed by atoms with Crippen LogP contribution >= 0.6 is 0 Å². The predicted octanol–water partition coefficient (Wildman–Crippen LogP) is 2.44. The maximum absolute atomic E-state index is 12.7. The number of cyclic esters (lactones) is 1. The van der Waals surface area contributed by atoms with Gasteiger partial charge in [-0.05, 0) is 34.1 Å². The lowest BCUT2D eigenvalue weighted by Crippen LogP contribution is -2.42. The van der Waals surface area contributed by atoms with Crippen molar-refractivity contribution in [2.24, 2.45) is 5.92 Å². The average molecular weight is 347 g/mol. The zero-order chi connectivity index (χ0) is 18.4. The van der Waals surface area contributed by atoms with E-state index in [9.17, 15) is 14.4 Å². The maximum Gasteiger partial charge on any atom is 0.417 e. The summed E-state index contributed by atoms with van der Waals surface area (Å²) in [6, 6.07) is -0.374. The van der Waals surface area contributed by atoms with E-state index in [2.05, 4.69) is 0 Å². The van der Waals surface area contributed by atoms with Gasteiger partial charge in [0.1, 0.15) is 5.60 Å². The summed E-state index contributed by atoms with van der Waals surface area (Å²) in [5.74, 6) is -1.07. The molecule has 0 bridgehead atoms. The van der Waals surface area contributed by atoms with Crippen LogP contribution in [0.5, 0.6) is 0 Å². The topological polar surface area (TPSA) is 82.1 Å². The van der Waals surface area contributed by atoms with E-state index in [1.807, 2.05) is 12.2 Å². The van der Waals surface area contributed by atoms with Gasteiger partial charge in [0.05, 0.1) is 17.9 Å². The Morgan fingerprint density at radius 1 is 1.36 bits per heavy atom. The number of fused-ring (bicyclic) bond motifs is 1. The van der Waals surface area contributed by atoms with Gasteiger partial charge in [-0.15, -0.1) is 0 Å². The van der Waals surface area contributed by atoms with Gasteiger partial charge in [-0.3, -0.25) is 4.79 Å². The molecule has 3 aliphatic rings. The molecule has 7 heteroatoms. The first-order valence-electron chi connectivity index (χ1n) is 8.15. The molecular formula is C18H21NO6. The van der Waals surface area contributed by atoms with Crippen LogP contribution in [0.25, 0.3) is 0 Å². The van der Waals surface area contributed by atoms with Gasteiger partial charge in [-0.2, -0.15) is 0 Å². The highest BCUT2D eigenvalue weighted by Gasteiger charge is 2.49. The lowest BCUT2D eigenvalue weighted by Gasteiger charge is -2.25. The first kappa shape index (κ1) is 17.3. The third kappa shape index (κ3) is 3.31. The molecule has 1 aliphatic carbocycles. The average Bonchev–Trinajstić information content (AvgIpc) is 3.11. The lowest BCUT2D eigenvalue weighted by atomic mass is 9.98. The Bertz CT molecular complexity index is 712. The summed E-state index contributed by atoms with van der Waals surface area (Å²) in [5, 5.41) is 0. The van der Waals surface area contributed by atoms with Crippen molar-refractivity contribution in [1.29, 1.82) is 0 Å². The fraction of sp³-hybridized carbons (Fsp3) is 0.500. The van der Waals surface area contributed by atoms with Crippen LogP contribution in [0.15, 0.2) is 35.6 Å². The lowest BCUT2D eigenvalue weighted by molar-refractivity contribution is -0.152. The molecule has 0 radical (unpaired) electrons. The molecule has 0 N–H and O–H groups in total. The van der Waals surface area contributed by atoms with Gasteiger partial charge in [0.2, 0.25) is 0 Å². The minimum atomic E-state index is -0.851. The second kappa shape index (κ2) is 6.06. The molecule has 25 heavy (non-hydrogen) atoms. The van der Waals surface area contributed by atoms with Crippen molar-refractivity contribution in [3.05, 3.63) is 35.6 Å². The van der Waals surface area contributed by atoms with Crippen LogP contribution in [0.4, 0.5) is 4.79 Å². The van der Waals surface area contributed by atoms with Gasteiger partial charge in [0, 0.05) is 17.6 Å². The number of rotatable bonds is 2. The smallest absolute Gasteiger partial charge is 0.417 e. The maximum atomic E-state index is 12.7. The SMILES string of the molecule is CC1=CC(O/C=C2/C(=O)N(C(=O)OC(C)(C)C)C3C=CCC23)OC1=O. The molecule has 7 nitrogen and oxygen atoms in total. The van der Waals surface area contributed by atoms with Crippen LogP contribution in [-0.2, 0) is 23.8 Å². The predicted molar refractivity (Wildman–Crippen MR) is 86.9 cm³/mol. The fourth-order valence-electron chi connectivity index (χ4n) is 3.01. The monoisotopic (exact) mass is 347 g/mol. The standard InChI is InChI=1S/C18H21NO6/c1-10-8-14(24-16(10)21)23-9-12-11-6-5-7-13(11)19(15(12)20)17(22)25-18(2,3)4/h5,7-9,11,13-14H,6H2,1-4H3/b12-9+. The molecule has 0 aromatic heterocycles. The number of hydrogen-bond donors (Lipinski definition) is 0. The van der Waals surface area contributed by atoms with Gasteiger partial charge >= 0.3 is 12.1 Å². The summed E-state index contributed by atoms with van der Waals surface area (Å²) < 4.78 is 15.8. The van der Waals surface area contributed by atoms with Crippen molar-refractivity contribution in [2.75, 3.05) is 0 Å². The highest BCUT2D eigenvalue weighted by molar-refractivity contribution is 6.06. The molecule has 2 heterocycles. The summed E-state index contributed by atoms with van der Waals surface area (Å²) in [5.41, 5.74) is 0.130. The van der Waals surface area contributed by atoms with Crippen molar-refractivity contribution in [3.8, 4) is 0 Å². The highest BCUT2D eigenvalue weighted by Crippen LogP contribution is 2.39. The van der Waals surface area contributed by atoms with Crippen molar-refractivity contribution in [3.63, 3.8) is 0 Å². The summed E-state index contributed by atoms with van der Waals surface area (Å²) in [7, 11) is 0. The molecule has 2 amide bonds. The normalized spacial score (nSPS) is 29.8. The Kier molecular flexibility index (Phi) is 4.18. The highest BCUT2D eigenvalue weighted by atomic mass is 16.7. The second-order valence-electron chi connectivity index (χ2n) is 7.25. The quantitative estimate of drug-likeness (QED) is 0.330. The van der Waals surface area contributed by atoms with E-state index in [0.29, 0.717) is 17.6 Å². The van der Waals surface area contributed by atoms with Crippen molar-refractivity contribution >= 4 is 18.0 Å². The summed E-state index contributed by atoms with van der Waals surface area (Å²) >= 11 is 0. The number of amides is 2. The number of esters is 1. The van der Waals surface area contributed by atoms with Crippen LogP contribution in [0.2, 0.25) is 0 Å².